The first kappa shape index (κ1) is 11.9. The molecule has 1 aromatic carbocycles. The molecule has 0 heterocycles. The molecule has 1 atom stereocenters. The number of methoxy groups -OCH3 is 1. The highest BCUT2D eigenvalue weighted by Crippen LogP contribution is 2.23. The number of aromatic hydroxyl groups is 1. The molecule has 0 fully saturated rings. The van der Waals surface area contributed by atoms with Crippen LogP contribution in [0, 0.1) is 0 Å². The van der Waals surface area contributed by atoms with Crippen molar-refractivity contribution < 1.29 is 14.6 Å². The second-order valence-electron chi connectivity index (χ2n) is 3.12. The van der Waals surface area contributed by atoms with E-state index in [0.29, 0.717) is 5.75 Å². The number of carbonyl (C=O) groups excluding carboxylic acids is 1. The Hall–Kier alpha value is -1.16. The zero-order valence-corrected chi connectivity index (χ0v) is 9.58. The largest absolute Gasteiger partial charge is 0.508 e. The standard InChI is InChI=1S/C11H14O3S/c1-14-11(13)10(7-15-2)8-3-5-9(12)6-4-8/h3-6,10,12H,7H2,1-2H3. The van der Waals surface area contributed by atoms with Crippen LogP contribution in [0.2, 0.25) is 0 Å². The van der Waals surface area contributed by atoms with Gasteiger partial charge in [0.25, 0.3) is 0 Å². The fraction of sp³-hybridized carbons (Fsp3) is 0.364. The molecular weight excluding hydrogens is 212 g/mol. The number of thioether (sulfide) groups is 1. The summed E-state index contributed by atoms with van der Waals surface area (Å²) < 4.78 is 4.73. The summed E-state index contributed by atoms with van der Waals surface area (Å²) in [5.41, 5.74) is 0.869. The lowest BCUT2D eigenvalue weighted by atomic mass is 10.0. The van der Waals surface area contributed by atoms with Gasteiger partial charge in [0.1, 0.15) is 5.75 Å². The van der Waals surface area contributed by atoms with Gasteiger partial charge >= 0.3 is 5.97 Å². The van der Waals surface area contributed by atoms with Crippen LogP contribution in [0.5, 0.6) is 5.75 Å². The lowest BCUT2D eigenvalue weighted by Crippen LogP contribution is -2.16. The lowest BCUT2D eigenvalue weighted by molar-refractivity contribution is -0.141. The van der Waals surface area contributed by atoms with Gasteiger partial charge in [0.15, 0.2) is 0 Å². The lowest BCUT2D eigenvalue weighted by Gasteiger charge is -2.13. The van der Waals surface area contributed by atoms with Crippen LogP contribution in [0.3, 0.4) is 0 Å². The normalized spacial score (nSPS) is 12.1. The predicted molar refractivity (Wildman–Crippen MR) is 61.2 cm³/mol. The Bertz CT molecular complexity index is 321. The van der Waals surface area contributed by atoms with Crippen LogP contribution in [0.1, 0.15) is 11.5 Å². The quantitative estimate of drug-likeness (QED) is 0.798. The first-order valence-corrected chi connectivity index (χ1v) is 5.94. The van der Waals surface area contributed by atoms with E-state index < -0.39 is 0 Å². The van der Waals surface area contributed by atoms with Crippen molar-refractivity contribution in [3.63, 3.8) is 0 Å². The van der Waals surface area contributed by atoms with Crippen molar-refractivity contribution in [1.29, 1.82) is 0 Å². The van der Waals surface area contributed by atoms with Crippen molar-refractivity contribution in [3.8, 4) is 5.75 Å². The first-order chi connectivity index (χ1) is 7.19. The van der Waals surface area contributed by atoms with E-state index in [4.69, 9.17) is 9.84 Å². The molecule has 1 aromatic rings. The van der Waals surface area contributed by atoms with Crippen molar-refractivity contribution >= 4 is 17.7 Å². The average Bonchev–Trinajstić information content (AvgIpc) is 2.26. The van der Waals surface area contributed by atoms with Crippen LogP contribution in [-0.2, 0) is 9.53 Å². The molecule has 0 spiro atoms. The first-order valence-electron chi connectivity index (χ1n) is 4.54. The number of ether oxygens (including phenoxy) is 1. The summed E-state index contributed by atoms with van der Waals surface area (Å²) in [7, 11) is 1.38. The molecule has 82 valence electrons. The number of esters is 1. The van der Waals surface area contributed by atoms with E-state index in [2.05, 4.69) is 0 Å². The number of carbonyl (C=O) groups is 1. The van der Waals surface area contributed by atoms with Gasteiger partial charge in [-0.3, -0.25) is 4.79 Å². The van der Waals surface area contributed by atoms with Crippen molar-refractivity contribution in [3.05, 3.63) is 29.8 Å². The van der Waals surface area contributed by atoms with Crippen molar-refractivity contribution in [1.82, 2.24) is 0 Å². The van der Waals surface area contributed by atoms with Crippen LogP contribution in [0.4, 0.5) is 0 Å². The SMILES string of the molecule is COC(=O)C(CSC)c1ccc(O)cc1. The monoisotopic (exact) mass is 226 g/mol. The fourth-order valence-corrected chi connectivity index (χ4v) is 1.98. The Balaban J connectivity index is 2.88. The van der Waals surface area contributed by atoms with E-state index in [9.17, 15) is 4.79 Å². The molecule has 1 unspecified atom stereocenters. The topological polar surface area (TPSA) is 46.5 Å². The van der Waals surface area contributed by atoms with E-state index >= 15 is 0 Å². The van der Waals surface area contributed by atoms with Crippen LogP contribution in [-0.4, -0.2) is 30.2 Å². The highest BCUT2D eigenvalue weighted by atomic mass is 32.2. The zero-order chi connectivity index (χ0) is 11.3. The van der Waals surface area contributed by atoms with Gasteiger partial charge in [0.05, 0.1) is 13.0 Å². The van der Waals surface area contributed by atoms with E-state index in [0.717, 1.165) is 5.56 Å². The molecule has 0 aliphatic carbocycles. The second-order valence-corrected chi connectivity index (χ2v) is 4.03. The van der Waals surface area contributed by atoms with E-state index in [1.165, 1.54) is 7.11 Å². The summed E-state index contributed by atoms with van der Waals surface area (Å²) >= 11 is 1.59. The zero-order valence-electron chi connectivity index (χ0n) is 8.77. The minimum absolute atomic E-state index is 0.200. The number of phenols is 1. The third kappa shape index (κ3) is 3.16. The molecule has 3 nitrogen and oxygen atoms in total. The maximum Gasteiger partial charge on any atom is 0.313 e. The molecule has 0 aliphatic heterocycles. The van der Waals surface area contributed by atoms with Gasteiger partial charge in [-0.15, -0.1) is 0 Å². The number of hydrogen-bond donors (Lipinski definition) is 1. The maximum absolute atomic E-state index is 11.5. The van der Waals surface area contributed by atoms with Gasteiger partial charge < -0.3 is 9.84 Å². The molecular formula is C11H14O3S. The smallest absolute Gasteiger partial charge is 0.313 e. The molecule has 0 aliphatic rings. The van der Waals surface area contributed by atoms with Crippen molar-refractivity contribution in [2.75, 3.05) is 19.1 Å². The van der Waals surface area contributed by atoms with Crippen LogP contribution >= 0.6 is 11.8 Å². The number of rotatable bonds is 4. The Morgan fingerprint density at radius 1 is 1.47 bits per heavy atom. The van der Waals surface area contributed by atoms with Crippen LogP contribution < -0.4 is 0 Å². The third-order valence-corrected chi connectivity index (χ3v) is 2.78. The van der Waals surface area contributed by atoms with Crippen molar-refractivity contribution in [2.45, 2.75) is 5.92 Å². The third-order valence-electron chi connectivity index (χ3n) is 2.11. The molecule has 0 bridgehead atoms. The fourth-order valence-electron chi connectivity index (χ4n) is 1.32. The predicted octanol–water partition coefficient (Wildman–Crippen LogP) is 2.01. The number of benzene rings is 1. The Labute approximate surface area is 93.4 Å². The average molecular weight is 226 g/mol. The molecule has 0 radical (unpaired) electrons. The molecule has 0 amide bonds. The van der Waals surface area contributed by atoms with Gasteiger partial charge in [-0.05, 0) is 24.0 Å². The van der Waals surface area contributed by atoms with Crippen LogP contribution in [0.25, 0.3) is 0 Å². The number of phenolic OH excluding ortho intramolecular Hbond substituents is 1. The minimum Gasteiger partial charge on any atom is -0.508 e. The van der Waals surface area contributed by atoms with Gasteiger partial charge in [0.2, 0.25) is 0 Å². The van der Waals surface area contributed by atoms with Gasteiger partial charge in [-0.2, -0.15) is 11.8 Å². The summed E-state index contributed by atoms with van der Waals surface area (Å²) in [5, 5.41) is 9.14. The maximum atomic E-state index is 11.5. The Kier molecular flexibility index (Phi) is 4.49. The summed E-state index contributed by atoms with van der Waals surface area (Å²) in [6.07, 6.45) is 1.94. The second kappa shape index (κ2) is 5.66. The molecule has 0 aromatic heterocycles. The minimum atomic E-state index is -0.259. The van der Waals surface area contributed by atoms with E-state index in [-0.39, 0.29) is 17.6 Å². The van der Waals surface area contributed by atoms with Gasteiger partial charge in [0, 0.05) is 5.75 Å². The highest BCUT2D eigenvalue weighted by molar-refractivity contribution is 7.98. The van der Waals surface area contributed by atoms with Gasteiger partial charge in [-0.1, -0.05) is 12.1 Å². The molecule has 1 rings (SSSR count). The summed E-state index contributed by atoms with van der Waals surface area (Å²) in [5.74, 6) is 0.379. The molecule has 4 heteroatoms. The Morgan fingerprint density at radius 3 is 2.53 bits per heavy atom. The molecule has 15 heavy (non-hydrogen) atoms. The van der Waals surface area contributed by atoms with Gasteiger partial charge in [-0.25, -0.2) is 0 Å². The number of hydrogen-bond acceptors (Lipinski definition) is 4. The van der Waals surface area contributed by atoms with Crippen LogP contribution in [0.15, 0.2) is 24.3 Å². The van der Waals surface area contributed by atoms with E-state index in [1.807, 2.05) is 6.26 Å². The highest BCUT2D eigenvalue weighted by Gasteiger charge is 2.20. The molecule has 0 saturated heterocycles. The van der Waals surface area contributed by atoms with Crippen molar-refractivity contribution in [2.24, 2.45) is 0 Å². The summed E-state index contributed by atoms with van der Waals surface area (Å²) in [4.78, 5) is 11.5. The summed E-state index contributed by atoms with van der Waals surface area (Å²) in [6, 6.07) is 6.64. The Morgan fingerprint density at radius 2 is 2.07 bits per heavy atom. The molecule has 0 saturated carbocycles. The summed E-state index contributed by atoms with van der Waals surface area (Å²) in [6.45, 7) is 0. The molecule has 1 N–H and O–H groups in total. The van der Waals surface area contributed by atoms with E-state index in [1.54, 1.807) is 36.0 Å².